The smallest absolute Gasteiger partial charge is 0.269 e. The summed E-state index contributed by atoms with van der Waals surface area (Å²) < 4.78 is 0. The minimum atomic E-state index is -0.680. The zero-order chi connectivity index (χ0) is 18.4. The molecule has 2 aromatic carbocycles. The minimum absolute atomic E-state index is 0.0663. The highest BCUT2D eigenvalue weighted by Crippen LogP contribution is 2.29. The van der Waals surface area contributed by atoms with Crippen molar-refractivity contribution in [1.82, 2.24) is 0 Å². The van der Waals surface area contributed by atoms with E-state index in [1.54, 1.807) is 24.3 Å². The van der Waals surface area contributed by atoms with E-state index in [0.717, 1.165) is 0 Å². The molecular formula is C16H10Cl2N4O3. The molecule has 0 atom stereocenters. The number of rotatable bonds is 5. The summed E-state index contributed by atoms with van der Waals surface area (Å²) >= 11 is 11.8. The quantitative estimate of drug-likeness (QED) is 0.348. The summed E-state index contributed by atoms with van der Waals surface area (Å²) in [5.74, 6) is -0.680. The lowest BCUT2D eigenvalue weighted by Gasteiger charge is -2.08. The number of non-ortho nitro benzene ring substituents is 1. The molecule has 1 amide bonds. The Balaban J connectivity index is 2.11. The molecule has 0 aliphatic carbocycles. The first-order chi connectivity index (χ1) is 11.9. The Labute approximate surface area is 152 Å². The first-order valence-corrected chi connectivity index (χ1v) is 7.54. The van der Waals surface area contributed by atoms with Gasteiger partial charge in [-0.25, -0.2) is 0 Å². The largest absolute Gasteiger partial charge is 0.360 e. The van der Waals surface area contributed by atoms with E-state index in [2.05, 4.69) is 10.6 Å². The van der Waals surface area contributed by atoms with E-state index in [4.69, 9.17) is 28.5 Å². The zero-order valence-electron chi connectivity index (χ0n) is 12.5. The number of nitriles is 1. The topological polar surface area (TPSA) is 108 Å². The molecule has 0 spiro atoms. The summed E-state index contributed by atoms with van der Waals surface area (Å²) in [7, 11) is 0. The average Bonchev–Trinajstić information content (AvgIpc) is 2.60. The van der Waals surface area contributed by atoms with E-state index in [1.165, 1.54) is 30.5 Å². The van der Waals surface area contributed by atoms with Crippen LogP contribution in [0.1, 0.15) is 0 Å². The summed E-state index contributed by atoms with van der Waals surface area (Å²) in [6.45, 7) is 0. The fraction of sp³-hybridized carbons (Fsp3) is 0. The number of nitro benzene ring substituents is 1. The normalized spacial score (nSPS) is 10.7. The van der Waals surface area contributed by atoms with Crippen LogP contribution < -0.4 is 10.6 Å². The van der Waals surface area contributed by atoms with Crippen LogP contribution >= 0.6 is 23.2 Å². The monoisotopic (exact) mass is 376 g/mol. The minimum Gasteiger partial charge on any atom is -0.360 e. The second-order valence-electron chi connectivity index (χ2n) is 4.67. The molecule has 0 fully saturated rings. The molecule has 0 heterocycles. The van der Waals surface area contributed by atoms with Crippen molar-refractivity contribution in [3.05, 3.63) is 74.4 Å². The van der Waals surface area contributed by atoms with Gasteiger partial charge in [0.25, 0.3) is 11.6 Å². The second kappa shape index (κ2) is 8.15. The highest BCUT2D eigenvalue weighted by molar-refractivity contribution is 6.44. The number of nitro groups is 1. The van der Waals surface area contributed by atoms with Crippen molar-refractivity contribution < 1.29 is 9.72 Å². The molecule has 7 nitrogen and oxygen atoms in total. The Kier molecular flexibility index (Phi) is 5.95. The Hall–Kier alpha value is -3.08. The van der Waals surface area contributed by atoms with Crippen LogP contribution in [0.15, 0.2) is 54.2 Å². The summed E-state index contributed by atoms with van der Waals surface area (Å²) in [5, 5.41) is 25.4. The van der Waals surface area contributed by atoms with Gasteiger partial charge in [-0.1, -0.05) is 29.3 Å². The van der Waals surface area contributed by atoms with Gasteiger partial charge in [0, 0.05) is 24.0 Å². The van der Waals surface area contributed by atoms with Gasteiger partial charge in [-0.2, -0.15) is 5.26 Å². The van der Waals surface area contributed by atoms with Crippen molar-refractivity contribution in [2.45, 2.75) is 0 Å². The van der Waals surface area contributed by atoms with Gasteiger partial charge in [-0.05, 0) is 24.3 Å². The maximum absolute atomic E-state index is 12.1. The predicted octanol–water partition coefficient (Wildman–Crippen LogP) is 4.36. The van der Waals surface area contributed by atoms with Crippen LogP contribution in [0, 0.1) is 21.4 Å². The van der Waals surface area contributed by atoms with Gasteiger partial charge < -0.3 is 10.6 Å². The summed E-state index contributed by atoms with van der Waals surface area (Å²) in [6, 6.07) is 12.0. The molecule has 0 aromatic heterocycles. The van der Waals surface area contributed by atoms with Crippen molar-refractivity contribution in [3.63, 3.8) is 0 Å². The van der Waals surface area contributed by atoms with E-state index < -0.39 is 10.8 Å². The Morgan fingerprint density at radius 2 is 1.88 bits per heavy atom. The molecule has 0 saturated heterocycles. The van der Waals surface area contributed by atoms with Crippen molar-refractivity contribution in [2.24, 2.45) is 0 Å². The fourth-order valence-electron chi connectivity index (χ4n) is 1.77. The standard InChI is InChI=1S/C16H10Cl2N4O3/c17-13-2-1-3-14(15(13)18)21-16(23)10(8-19)9-20-11-4-6-12(7-5-11)22(24)25/h1-7,9,20H,(H,21,23)/b10-9-. The van der Waals surface area contributed by atoms with Crippen LogP contribution in [-0.4, -0.2) is 10.8 Å². The van der Waals surface area contributed by atoms with Gasteiger partial charge in [0.2, 0.25) is 0 Å². The fourth-order valence-corrected chi connectivity index (χ4v) is 2.12. The molecule has 126 valence electrons. The lowest BCUT2D eigenvalue weighted by Crippen LogP contribution is -2.14. The molecular weight excluding hydrogens is 367 g/mol. The number of nitrogens with one attached hydrogen (secondary N) is 2. The van der Waals surface area contributed by atoms with Crippen molar-refractivity contribution in [1.29, 1.82) is 5.26 Å². The van der Waals surface area contributed by atoms with Crippen molar-refractivity contribution in [2.75, 3.05) is 10.6 Å². The van der Waals surface area contributed by atoms with Crippen LogP contribution in [0.4, 0.5) is 17.1 Å². The first kappa shape index (κ1) is 18.3. The molecule has 0 aliphatic heterocycles. The van der Waals surface area contributed by atoms with E-state index in [9.17, 15) is 14.9 Å². The van der Waals surface area contributed by atoms with E-state index in [0.29, 0.717) is 5.69 Å². The van der Waals surface area contributed by atoms with Gasteiger partial charge in [-0.3, -0.25) is 14.9 Å². The third-order valence-corrected chi connectivity index (χ3v) is 3.85. The molecule has 2 rings (SSSR count). The number of hydrogen-bond acceptors (Lipinski definition) is 5. The Bertz CT molecular complexity index is 889. The van der Waals surface area contributed by atoms with Crippen LogP contribution in [0.25, 0.3) is 0 Å². The predicted molar refractivity (Wildman–Crippen MR) is 95.5 cm³/mol. The maximum atomic E-state index is 12.1. The summed E-state index contributed by atoms with van der Waals surface area (Å²) in [4.78, 5) is 22.2. The molecule has 25 heavy (non-hydrogen) atoms. The SMILES string of the molecule is N#C/C(=C/Nc1ccc([N+](=O)[O-])cc1)C(=O)Nc1cccc(Cl)c1Cl. The molecule has 0 saturated carbocycles. The molecule has 0 aliphatic rings. The van der Waals surface area contributed by atoms with Gasteiger partial charge in [-0.15, -0.1) is 0 Å². The molecule has 2 aromatic rings. The highest BCUT2D eigenvalue weighted by Gasteiger charge is 2.12. The Morgan fingerprint density at radius 1 is 1.20 bits per heavy atom. The van der Waals surface area contributed by atoms with Crippen molar-refractivity contribution in [3.8, 4) is 6.07 Å². The van der Waals surface area contributed by atoms with Gasteiger partial charge >= 0.3 is 0 Å². The van der Waals surface area contributed by atoms with Gasteiger partial charge in [0.1, 0.15) is 11.6 Å². The van der Waals surface area contributed by atoms with E-state index >= 15 is 0 Å². The lowest BCUT2D eigenvalue weighted by atomic mass is 10.2. The highest BCUT2D eigenvalue weighted by atomic mass is 35.5. The number of hydrogen-bond donors (Lipinski definition) is 2. The third-order valence-electron chi connectivity index (χ3n) is 3.03. The summed E-state index contributed by atoms with van der Waals surface area (Å²) in [6.07, 6.45) is 1.19. The number of carbonyl (C=O) groups is 1. The van der Waals surface area contributed by atoms with Crippen molar-refractivity contribution >= 4 is 46.2 Å². The number of halogens is 2. The molecule has 0 radical (unpaired) electrons. The van der Waals surface area contributed by atoms with Gasteiger partial charge in [0.05, 0.1) is 20.7 Å². The number of benzene rings is 2. The first-order valence-electron chi connectivity index (χ1n) is 6.79. The number of nitrogens with zero attached hydrogens (tertiary/aromatic N) is 2. The molecule has 0 bridgehead atoms. The van der Waals surface area contributed by atoms with Crippen LogP contribution in [-0.2, 0) is 4.79 Å². The summed E-state index contributed by atoms with van der Waals surface area (Å²) in [5.41, 5.74) is 0.473. The molecule has 0 unspecified atom stereocenters. The molecule has 9 heteroatoms. The second-order valence-corrected chi connectivity index (χ2v) is 5.46. The third kappa shape index (κ3) is 4.70. The number of carbonyl (C=O) groups excluding carboxylic acids is 1. The van der Waals surface area contributed by atoms with E-state index in [-0.39, 0.29) is 27.0 Å². The molecule has 2 N–H and O–H groups in total. The lowest BCUT2D eigenvalue weighted by molar-refractivity contribution is -0.384. The van der Waals surface area contributed by atoms with Crippen LogP contribution in [0.2, 0.25) is 10.0 Å². The van der Waals surface area contributed by atoms with Crippen LogP contribution in [0.3, 0.4) is 0 Å². The van der Waals surface area contributed by atoms with Gasteiger partial charge in [0.15, 0.2) is 0 Å². The van der Waals surface area contributed by atoms with Crippen LogP contribution in [0.5, 0.6) is 0 Å². The zero-order valence-corrected chi connectivity index (χ0v) is 14.0. The van der Waals surface area contributed by atoms with E-state index in [1.807, 2.05) is 0 Å². The number of amides is 1. The Morgan fingerprint density at radius 3 is 2.48 bits per heavy atom. The number of anilines is 2. The maximum Gasteiger partial charge on any atom is 0.269 e. The average molecular weight is 377 g/mol.